The van der Waals surface area contributed by atoms with Gasteiger partial charge in [-0.3, -0.25) is 0 Å². The van der Waals surface area contributed by atoms with Crippen LogP contribution in [0.5, 0.6) is 0 Å². The number of benzene rings is 2. The first-order chi connectivity index (χ1) is 13.3. The van der Waals surface area contributed by atoms with Crippen LogP contribution in [-0.2, 0) is 4.74 Å². The maximum absolute atomic E-state index is 12.3. The van der Waals surface area contributed by atoms with Gasteiger partial charge in [-0.05, 0) is 45.4 Å². The number of nitrogens with one attached hydrogen (secondary N) is 1. The summed E-state index contributed by atoms with van der Waals surface area (Å²) in [4.78, 5) is 16.4. The van der Waals surface area contributed by atoms with E-state index in [0.717, 1.165) is 18.8 Å². The first-order valence-electron chi connectivity index (χ1n) is 9.97. The van der Waals surface area contributed by atoms with Crippen molar-refractivity contribution in [2.75, 3.05) is 36.4 Å². The monoisotopic (exact) mass is 381 g/mol. The van der Waals surface area contributed by atoms with Gasteiger partial charge in [0.15, 0.2) is 0 Å². The van der Waals surface area contributed by atoms with E-state index in [1.54, 1.807) is 4.90 Å². The summed E-state index contributed by atoms with van der Waals surface area (Å²) in [5, 5.41) is 3.64. The first kappa shape index (κ1) is 20.1. The van der Waals surface area contributed by atoms with Gasteiger partial charge in [0.05, 0.1) is 11.4 Å². The largest absolute Gasteiger partial charge is 0.444 e. The van der Waals surface area contributed by atoms with Crippen molar-refractivity contribution < 1.29 is 9.53 Å². The van der Waals surface area contributed by atoms with Crippen LogP contribution in [0.1, 0.15) is 39.3 Å². The molecule has 1 fully saturated rings. The molecule has 2 aromatic rings. The number of hydrogen-bond donors (Lipinski definition) is 1. The summed E-state index contributed by atoms with van der Waals surface area (Å²) >= 11 is 0. The molecule has 0 aliphatic carbocycles. The number of anilines is 2. The SMILES string of the molecule is CC(Nc1ccccc1N1CCN(C(=O)OC(C)(C)C)CC1)c1ccccc1. The lowest BCUT2D eigenvalue weighted by atomic mass is 10.1. The third-order valence-corrected chi connectivity index (χ3v) is 4.85. The summed E-state index contributed by atoms with van der Waals surface area (Å²) in [6.07, 6.45) is -0.226. The van der Waals surface area contributed by atoms with Crippen LogP contribution >= 0.6 is 0 Å². The quantitative estimate of drug-likeness (QED) is 0.817. The molecular weight excluding hydrogens is 350 g/mol. The minimum Gasteiger partial charge on any atom is -0.444 e. The predicted octanol–water partition coefficient (Wildman–Crippen LogP) is 4.92. The maximum atomic E-state index is 12.3. The standard InChI is InChI=1S/C23H31N3O2/c1-18(19-10-6-5-7-11-19)24-20-12-8-9-13-21(20)25-14-16-26(17-15-25)22(27)28-23(2,3)4/h5-13,18,24H,14-17H2,1-4H3. The maximum Gasteiger partial charge on any atom is 0.410 e. The average molecular weight is 382 g/mol. The Morgan fingerprint density at radius 3 is 2.21 bits per heavy atom. The van der Waals surface area contributed by atoms with E-state index in [9.17, 15) is 4.79 Å². The average Bonchev–Trinajstić information content (AvgIpc) is 2.68. The van der Waals surface area contributed by atoms with E-state index < -0.39 is 5.60 Å². The van der Waals surface area contributed by atoms with Crippen LogP contribution in [-0.4, -0.2) is 42.8 Å². The summed E-state index contributed by atoms with van der Waals surface area (Å²) in [6.45, 7) is 10.8. The van der Waals surface area contributed by atoms with E-state index in [4.69, 9.17) is 4.74 Å². The van der Waals surface area contributed by atoms with E-state index in [-0.39, 0.29) is 12.1 Å². The van der Waals surface area contributed by atoms with Crippen molar-refractivity contribution in [1.82, 2.24) is 4.90 Å². The van der Waals surface area contributed by atoms with Gasteiger partial charge in [0.25, 0.3) is 0 Å². The van der Waals surface area contributed by atoms with Crippen molar-refractivity contribution in [3.63, 3.8) is 0 Å². The molecule has 2 aromatic carbocycles. The minimum absolute atomic E-state index is 0.213. The number of piperazine rings is 1. The number of ether oxygens (including phenoxy) is 1. The summed E-state index contributed by atoms with van der Waals surface area (Å²) < 4.78 is 5.50. The zero-order chi connectivity index (χ0) is 20.1. The molecule has 1 saturated heterocycles. The molecule has 0 saturated carbocycles. The molecule has 1 heterocycles. The Bertz CT molecular complexity index is 778. The van der Waals surface area contributed by atoms with E-state index in [2.05, 4.69) is 65.7 Å². The van der Waals surface area contributed by atoms with E-state index >= 15 is 0 Å². The molecular formula is C23H31N3O2. The van der Waals surface area contributed by atoms with Crippen molar-refractivity contribution in [2.45, 2.75) is 39.3 Å². The zero-order valence-corrected chi connectivity index (χ0v) is 17.3. The Kier molecular flexibility index (Phi) is 6.12. The molecule has 3 rings (SSSR count). The Balaban J connectivity index is 1.65. The van der Waals surface area contributed by atoms with Gasteiger partial charge < -0.3 is 19.9 Å². The van der Waals surface area contributed by atoms with Crippen molar-refractivity contribution in [2.24, 2.45) is 0 Å². The lowest BCUT2D eigenvalue weighted by molar-refractivity contribution is 0.0240. The third-order valence-electron chi connectivity index (χ3n) is 4.85. The van der Waals surface area contributed by atoms with Crippen molar-refractivity contribution in [1.29, 1.82) is 0 Å². The zero-order valence-electron chi connectivity index (χ0n) is 17.3. The minimum atomic E-state index is -0.460. The Morgan fingerprint density at radius 1 is 0.964 bits per heavy atom. The number of rotatable bonds is 4. The van der Waals surface area contributed by atoms with Crippen LogP contribution in [0.4, 0.5) is 16.2 Å². The van der Waals surface area contributed by atoms with Crippen molar-refractivity contribution in [3.8, 4) is 0 Å². The summed E-state index contributed by atoms with van der Waals surface area (Å²) in [5.74, 6) is 0. The fourth-order valence-electron chi connectivity index (χ4n) is 3.39. The molecule has 1 aliphatic rings. The topological polar surface area (TPSA) is 44.8 Å². The molecule has 1 atom stereocenters. The second kappa shape index (κ2) is 8.55. The van der Waals surface area contributed by atoms with Crippen molar-refractivity contribution in [3.05, 3.63) is 60.2 Å². The molecule has 0 aromatic heterocycles. The van der Waals surface area contributed by atoms with Crippen LogP contribution in [0.15, 0.2) is 54.6 Å². The van der Waals surface area contributed by atoms with E-state index in [1.165, 1.54) is 11.3 Å². The van der Waals surface area contributed by atoms with Crippen LogP contribution in [0, 0.1) is 0 Å². The van der Waals surface area contributed by atoms with Gasteiger partial charge in [-0.25, -0.2) is 4.79 Å². The number of para-hydroxylation sites is 2. The van der Waals surface area contributed by atoms with Gasteiger partial charge >= 0.3 is 6.09 Å². The highest BCUT2D eigenvalue weighted by atomic mass is 16.6. The molecule has 5 nitrogen and oxygen atoms in total. The second-order valence-corrected chi connectivity index (χ2v) is 8.25. The number of carbonyl (C=O) groups is 1. The van der Waals surface area contributed by atoms with Gasteiger partial charge in [0.2, 0.25) is 0 Å². The highest BCUT2D eigenvalue weighted by molar-refractivity contribution is 5.72. The number of nitrogens with zero attached hydrogens (tertiary/aromatic N) is 2. The van der Waals surface area contributed by atoms with Crippen LogP contribution in [0.25, 0.3) is 0 Å². The van der Waals surface area contributed by atoms with Crippen LogP contribution < -0.4 is 10.2 Å². The van der Waals surface area contributed by atoms with Crippen molar-refractivity contribution >= 4 is 17.5 Å². The summed E-state index contributed by atoms with van der Waals surface area (Å²) in [5.41, 5.74) is 3.09. The first-order valence-corrected chi connectivity index (χ1v) is 9.97. The Morgan fingerprint density at radius 2 is 1.57 bits per heavy atom. The number of carbonyl (C=O) groups excluding carboxylic acids is 1. The molecule has 0 spiro atoms. The number of amides is 1. The van der Waals surface area contributed by atoms with Gasteiger partial charge in [0, 0.05) is 32.2 Å². The lowest BCUT2D eigenvalue weighted by Gasteiger charge is -2.37. The molecule has 1 N–H and O–H groups in total. The fourth-order valence-corrected chi connectivity index (χ4v) is 3.39. The highest BCUT2D eigenvalue weighted by Gasteiger charge is 2.26. The third kappa shape index (κ3) is 5.18. The molecule has 1 aliphatic heterocycles. The fraction of sp³-hybridized carbons (Fsp3) is 0.435. The smallest absolute Gasteiger partial charge is 0.410 e. The molecule has 0 bridgehead atoms. The molecule has 28 heavy (non-hydrogen) atoms. The Labute approximate surface area is 168 Å². The molecule has 5 heteroatoms. The van der Waals surface area contributed by atoms with Gasteiger partial charge in [-0.1, -0.05) is 42.5 Å². The number of hydrogen-bond acceptors (Lipinski definition) is 4. The normalized spacial score (nSPS) is 15.9. The lowest BCUT2D eigenvalue weighted by Crippen LogP contribution is -2.50. The Hall–Kier alpha value is -2.69. The van der Waals surface area contributed by atoms with E-state index in [1.807, 2.05) is 26.8 Å². The second-order valence-electron chi connectivity index (χ2n) is 8.25. The van der Waals surface area contributed by atoms with Crippen LogP contribution in [0.2, 0.25) is 0 Å². The van der Waals surface area contributed by atoms with E-state index in [0.29, 0.717) is 13.1 Å². The molecule has 150 valence electrons. The molecule has 1 amide bonds. The van der Waals surface area contributed by atoms with Gasteiger partial charge in [0.1, 0.15) is 5.60 Å². The van der Waals surface area contributed by atoms with Gasteiger partial charge in [-0.15, -0.1) is 0 Å². The molecule has 0 radical (unpaired) electrons. The summed E-state index contributed by atoms with van der Waals surface area (Å²) in [6, 6.07) is 19.0. The highest BCUT2D eigenvalue weighted by Crippen LogP contribution is 2.30. The predicted molar refractivity (Wildman–Crippen MR) is 115 cm³/mol. The van der Waals surface area contributed by atoms with Crippen LogP contribution in [0.3, 0.4) is 0 Å². The molecule has 1 unspecified atom stereocenters. The van der Waals surface area contributed by atoms with Gasteiger partial charge in [-0.2, -0.15) is 0 Å². The summed E-state index contributed by atoms with van der Waals surface area (Å²) in [7, 11) is 0.